The lowest BCUT2D eigenvalue weighted by Gasteiger charge is -2.20. The van der Waals surface area contributed by atoms with Crippen LogP contribution < -0.4 is 4.90 Å². The van der Waals surface area contributed by atoms with Gasteiger partial charge in [0.25, 0.3) is 0 Å². The fraction of sp³-hybridized carbons (Fsp3) is 0.150. The molecule has 0 spiro atoms. The molecule has 27 heavy (non-hydrogen) atoms. The number of aromatic nitrogens is 3. The molecule has 0 radical (unpaired) electrons. The van der Waals surface area contributed by atoms with Crippen LogP contribution in [0.2, 0.25) is 0 Å². The third-order valence-corrected chi connectivity index (χ3v) is 5.26. The minimum absolute atomic E-state index is 0.0274. The van der Waals surface area contributed by atoms with E-state index in [2.05, 4.69) is 10.1 Å². The maximum Gasteiger partial charge on any atom is 0.214 e. The Labute approximate surface area is 160 Å². The van der Waals surface area contributed by atoms with Crippen molar-refractivity contribution in [2.24, 2.45) is 0 Å². The number of rotatable bonds is 5. The van der Waals surface area contributed by atoms with Crippen molar-refractivity contribution in [1.29, 1.82) is 0 Å². The number of anilines is 2. The van der Waals surface area contributed by atoms with E-state index in [1.165, 1.54) is 11.3 Å². The second kappa shape index (κ2) is 6.85. The predicted molar refractivity (Wildman–Crippen MR) is 107 cm³/mol. The van der Waals surface area contributed by atoms with Gasteiger partial charge in [0.2, 0.25) is 10.1 Å². The van der Waals surface area contributed by atoms with Gasteiger partial charge in [0.1, 0.15) is 5.75 Å². The Hall–Kier alpha value is -3.19. The minimum atomic E-state index is 0.0274. The molecule has 4 rings (SSSR count). The lowest BCUT2D eigenvalue weighted by molar-refractivity contribution is 0.101. The smallest absolute Gasteiger partial charge is 0.214 e. The van der Waals surface area contributed by atoms with E-state index in [1.54, 1.807) is 29.6 Å². The quantitative estimate of drug-likeness (QED) is 0.517. The lowest BCUT2D eigenvalue weighted by Crippen LogP contribution is -2.16. The molecule has 136 valence electrons. The van der Waals surface area contributed by atoms with Crippen molar-refractivity contribution in [3.05, 3.63) is 60.3 Å². The number of fused-ring (bicyclic) bond motifs is 1. The van der Waals surface area contributed by atoms with Gasteiger partial charge in [-0.1, -0.05) is 41.7 Å². The van der Waals surface area contributed by atoms with Crippen LogP contribution in [0, 0.1) is 0 Å². The third kappa shape index (κ3) is 3.17. The van der Waals surface area contributed by atoms with Gasteiger partial charge in [0.15, 0.2) is 5.78 Å². The average Bonchev–Trinajstić information content (AvgIpc) is 3.23. The van der Waals surface area contributed by atoms with Crippen molar-refractivity contribution in [1.82, 2.24) is 14.6 Å². The lowest BCUT2D eigenvalue weighted by atomic mass is 10.1. The minimum Gasteiger partial charge on any atom is -0.506 e. The summed E-state index contributed by atoms with van der Waals surface area (Å²) in [6, 6.07) is 14.6. The zero-order chi connectivity index (χ0) is 19.0. The molecular formula is C20H18N4O2S. The second-order valence-corrected chi connectivity index (χ2v) is 7.04. The van der Waals surface area contributed by atoms with E-state index in [9.17, 15) is 9.90 Å². The molecule has 0 atom stereocenters. The van der Waals surface area contributed by atoms with Crippen LogP contribution in [0.4, 0.5) is 10.8 Å². The summed E-state index contributed by atoms with van der Waals surface area (Å²) >= 11 is 1.45. The van der Waals surface area contributed by atoms with Crippen LogP contribution in [-0.2, 0) is 0 Å². The van der Waals surface area contributed by atoms with E-state index in [0.29, 0.717) is 17.8 Å². The highest BCUT2D eigenvalue weighted by molar-refractivity contribution is 7.20. The van der Waals surface area contributed by atoms with E-state index >= 15 is 0 Å². The number of Topliss-reactive ketones (excluding diaryl/α,β-unsaturated/α-hetero) is 1. The van der Waals surface area contributed by atoms with Crippen LogP contribution in [0.15, 0.2) is 54.7 Å². The molecule has 0 saturated carbocycles. The summed E-state index contributed by atoms with van der Waals surface area (Å²) in [5.41, 5.74) is 3.03. The summed E-state index contributed by atoms with van der Waals surface area (Å²) < 4.78 is 1.73. The molecule has 0 aliphatic carbocycles. The molecule has 0 amide bonds. The number of phenolic OH excluding ortho intramolecular Hbond substituents is 1. The SMILES string of the molecule is CCN(c1nn2cc(-c3cccc(C(C)=O)c3)nc2s1)c1ccccc1O. The standard InChI is InChI=1S/C20H18N4O2S/c1-3-23(17-9-4-5-10-18(17)26)20-22-24-12-16(21-19(24)27-20)15-8-6-7-14(11-15)13(2)25/h4-12,26H,3H2,1-2H3. The Morgan fingerprint density at radius 2 is 2.04 bits per heavy atom. The summed E-state index contributed by atoms with van der Waals surface area (Å²) in [5, 5.41) is 15.5. The van der Waals surface area contributed by atoms with E-state index in [-0.39, 0.29) is 11.5 Å². The van der Waals surface area contributed by atoms with Gasteiger partial charge in [-0.3, -0.25) is 4.79 Å². The Balaban J connectivity index is 1.71. The van der Waals surface area contributed by atoms with Crippen LogP contribution in [-0.4, -0.2) is 32.0 Å². The molecule has 0 aliphatic heterocycles. The number of carbonyl (C=O) groups excluding carboxylic acids is 1. The molecule has 0 bridgehead atoms. The van der Waals surface area contributed by atoms with Gasteiger partial charge in [-0.2, -0.15) is 0 Å². The van der Waals surface area contributed by atoms with Gasteiger partial charge in [0, 0.05) is 17.7 Å². The normalized spacial score (nSPS) is 11.0. The summed E-state index contributed by atoms with van der Waals surface area (Å²) in [4.78, 5) is 19.0. The van der Waals surface area contributed by atoms with Crippen LogP contribution >= 0.6 is 11.3 Å². The van der Waals surface area contributed by atoms with Crippen LogP contribution in [0.25, 0.3) is 16.2 Å². The van der Waals surface area contributed by atoms with E-state index in [4.69, 9.17) is 0 Å². The van der Waals surface area contributed by atoms with Crippen LogP contribution in [0.5, 0.6) is 5.75 Å². The summed E-state index contributed by atoms with van der Waals surface area (Å²) in [6.45, 7) is 4.23. The molecule has 2 aromatic heterocycles. The second-order valence-electron chi connectivity index (χ2n) is 6.11. The van der Waals surface area contributed by atoms with Crippen molar-refractivity contribution < 1.29 is 9.90 Å². The molecule has 2 aromatic carbocycles. The molecule has 0 saturated heterocycles. The molecule has 4 aromatic rings. The average molecular weight is 378 g/mol. The Bertz CT molecular complexity index is 1100. The third-order valence-electron chi connectivity index (χ3n) is 4.32. The van der Waals surface area contributed by atoms with E-state index < -0.39 is 0 Å². The van der Waals surface area contributed by atoms with Crippen molar-refractivity contribution in [3.63, 3.8) is 0 Å². The maximum atomic E-state index is 11.6. The van der Waals surface area contributed by atoms with Gasteiger partial charge >= 0.3 is 0 Å². The number of hydrogen-bond acceptors (Lipinski definition) is 6. The first kappa shape index (κ1) is 17.2. The highest BCUT2D eigenvalue weighted by atomic mass is 32.1. The number of phenols is 1. The summed E-state index contributed by atoms with van der Waals surface area (Å²) in [6.07, 6.45) is 1.85. The van der Waals surface area contributed by atoms with Crippen LogP contribution in [0.1, 0.15) is 24.2 Å². The van der Waals surface area contributed by atoms with E-state index in [0.717, 1.165) is 21.3 Å². The van der Waals surface area contributed by atoms with Gasteiger partial charge in [0.05, 0.1) is 17.6 Å². The Kier molecular flexibility index (Phi) is 4.37. The molecule has 1 N–H and O–H groups in total. The number of imidazole rings is 1. The first-order chi connectivity index (χ1) is 13.1. The highest BCUT2D eigenvalue weighted by Gasteiger charge is 2.17. The number of aromatic hydroxyl groups is 1. The Morgan fingerprint density at radius 3 is 2.74 bits per heavy atom. The van der Waals surface area contributed by atoms with Crippen molar-refractivity contribution in [3.8, 4) is 17.0 Å². The highest BCUT2D eigenvalue weighted by Crippen LogP contribution is 2.35. The van der Waals surface area contributed by atoms with Crippen LogP contribution in [0.3, 0.4) is 0 Å². The molecule has 6 nitrogen and oxygen atoms in total. The van der Waals surface area contributed by atoms with Gasteiger partial charge < -0.3 is 10.0 Å². The topological polar surface area (TPSA) is 70.7 Å². The zero-order valence-corrected chi connectivity index (χ0v) is 15.8. The first-order valence-corrected chi connectivity index (χ1v) is 9.41. The fourth-order valence-corrected chi connectivity index (χ4v) is 3.90. The number of para-hydroxylation sites is 2. The van der Waals surface area contributed by atoms with Gasteiger partial charge in [-0.15, -0.1) is 5.10 Å². The number of nitrogens with zero attached hydrogens (tertiary/aromatic N) is 4. The molecule has 0 fully saturated rings. The molecule has 0 unspecified atom stereocenters. The Morgan fingerprint density at radius 1 is 1.22 bits per heavy atom. The first-order valence-electron chi connectivity index (χ1n) is 8.60. The van der Waals surface area contributed by atoms with Crippen molar-refractivity contribution in [2.45, 2.75) is 13.8 Å². The van der Waals surface area contributed by atoms with Gasteiger partial charge in [-0.25, -0.2) is 9.50 Å². The fourth-order valence-electron chi connectivity index (χ4n) is 2.94. The zero-order valence-electron chi connectivity index (χ0n) is 15.0. The predicted octanol–water partition coefficient (Wildman–Crippen LogP) is 4.52. The largest absolute Gasteiger partial charge is 0.506 e. The summed E-state index contributed by atoms with van der Waals surface area (Å²) in [5.74, 6) is 0.244. The monoisotopic (exact) mass is 378 g/mol. The number of hydrogen-bond donors (Lipinski definition) is 1. The number of carbonyl (C=O) groups is 1. The van der Waals surface area contributed by atoms with Crippen molar-refractivity contribution >= 4 is 32.9 Å². The molecule has 7 heteroatoms. The van der Waals surface area contributed by atoms with Gasteiger partial charge in [-0.05, 0) is 32.0 Å². The summed E-state index contributed by atoms with van der Waals surface area (Å²) in [7, 11) is 0. The molecular weight excluding hydrogens is 360 g/mol. The number of benzene rings is 2. The number of ketones is 1. The molecule has 2 heterocycles. The van der Waals surface area contributed by atoms with Crippen molar-refractivity contribution in [2.75, 3.05) is 11.4 Å². The maximum absolute atomic E-state index is 11.6. The molecule has 0 aliphatic rings. The van der Waals surface area contributed by atoms with E-state index in [1.807, 2.05) is 48.4 Å².